The molecule has 3 aromatic rings. The predicted octanol–water partition coefficient (Wildman–Crippen LogP) is 3.27. The third-order valence-electron chi connectivity index (χ3n) is 3.10. The van der Waals surface area contributed by atoms with Gasteiger partial charge in [0.15, 0.2) is 5.82 Å². The number of rotatable bonds is 4. The summed E-state index contributed by atoms with van der Waals surface area (Å²) >= 11 is 1.51. The normalized spacial score (nSPS) is 10.1. The highest BCUT2D eigenvalue weighted by atomic mass is 32.1. The highest BCUT2D eigenvalue weighted by Gasteiger charge is 2.15. The van der Waals surface area contributed by atoms with Gasteiger partial charge in [0.05, 0.1) is 4.88 Å². The van der Waals surface area contributed by atoms with Gasteiger partial charge < -0.3 is 11.1 Å². The summed E-state index contributed by atoms with van der Waals surface area (Å²) in [6, 6.07) is 15.9. The van der Waals surface area contributed by atoms with E-state index in [-0.39, 0.29) is 5.95 Å². The number of nitriles is 1. The first kappa shape index (κ1) is 14.0. The SMILES string of the molecule is N#Cc1c(NCc2ccccc2)nc(N)nc1-c1cccs1. The van der Waals surface area contributed by atoms with E-state index in [4.69, 9.17) is 5.73 Å². The molecule has 3 rings (SSSR count). The average Bonchev–Trinajstić information content (AvgIpc) is 3.07. The van der Waals surface area contributed by atoms with Crippen LogP contribution in [0.4, 0.5) is 11.8 Å². The van der Waals surface area contributed by atoms with Gasteiger partial charge >= 0.3 is 0 Å². The Balaban J connectivity index is 1.96. The first-order valence-corrected chi connectivity index (χ1v) is 7.55. The van der Waals surface area contributed by atoms with Gasteiger partial charge in [0, 0.05) is 6.54 Å². The lowest BCUT2D eigenvalue weighted by Crippen LogP contribution is -2.08. The maximum Gasteiger partial charge on any atom is 0.222 e. The van der Waals surface area contributed by atoms with Crippen molar-refractivity contribution in [2.24, 2.45) is 0 Å². The minimum Gasteiger partial charge on any atom is -0.368 e. The number of aromatic nitrogens is 2. The van der Waals surface area contributed by atoms with Crippen LogP contribution in [0.3, 0.4) is 0 Å². The maximum atomic E-state index is 9.48. The molecule has 0 atom stereocenters. The maximum absolute atomic E-state index is 9.48. The van der Waals surface area contributed by atoms with Gasteiger partial charge in [-0.05, 0) is 17.0 Å². The molecule has 0 saturated heterocycles. The molecule has 0 bridgehead atoms. The van der Waals surface area contributed by atoms with Gasteiger partial charge in [0.2, 0.25) is 5.95 Å². The van der Waals surface area contributed by atoms with Crippen LogP contribution in [-0.2, 0) is 6.54 Å². The van der Waals surface area contributed by atoms with Crippen molar-refractivity contribution >= 4 is 23.1 Å². The lowest BCUT2D eigenvalue weighted by Gasteiger charge is -2.10. The fourth-order valence-electron chi connectivity index (χ4n) is 2.09. The Bertz CT molecular complexity index is 807. The standard InChI is InChI=1S/C16H13N5S/c17-9-12-14(13-7-4-8-22-13)20-16(18)21-15(12)19-10-11-5-2-1-3-6-11/h1-8H,10H2,(H3,18,19,20,21). The van der Waals surface area contributed by atoms with Crippen molar-refractivity contribution in [3.8, 4) is 16.6 Å². The second kappa shape index (κ2) is 6.24. The lowest BCUT2D eigenvalue weighted by molar-refractivity contribution is 1.08. The molecule has 0 fully saturated rings. The van der Waals surface area contributed by atoms with Gasteiger partial charge in [-0.3, -0.25) is 0 Å². The summed E-state index contributed by atoms with van der Waals surface area (Å²) in [6.07, 6.45) is 0. The van der Waals surface area contributed by atoms with Crippen molar-refractivity contribution in [3.05, 3.63) is 59.0 Å². The number of nitrogens with one attached hydrogen (secondary N) is 1. The van der Waals surface area contributed by atoms with E-state index in [2.05, 4.69) is 21.4 Å². The summed E-state index contributed by atoms with van der Waals surface area (Å²) in [5.41, 5.74) is 7.87. The van der Waals surface area contributed by atoms with Crippen LogP contribution in [0.2, 0.25) is 0 Å². The highest BCUT2D eigenvalue weighted by Crippen LogP contribution is 2.30. The number of hydrogen-bond donors (Lipinski definition) is 2. The Kier molecular flexibility index (Phi) is 3.99. The minimum absolute atomic E-state index is 0.151. The van der Waals surface area contributed by atoms with Crippen molar-refractivity contribution < 1.29 is 0 Å². The smallest absolute Gasteiger partial charge is 0.222 e. The second-order valence-corrected chi connectivity index (χ2v) is 5.53. The average molecular weight is 307 g/mol. The molecule has 1 aromatic carbocycles. The van der Waals surface area contributed by atoms with Gasteiger partial charge in [-0.2, -0.15) is 10.2 Å². The largest absolute Gasteiger partial charge is 0.368 e. The van der Waals surface area contributed by atoms with E-state index in [0.717, 1.165) is 10.4 Å². The van der Waals surface area contributed by atoms with Crippen LogP contribution in [0.15, 0.2) is 47.8 Å². The zero-order valence-corrected chi connectivity index (χ0v) is 12.5. The van der Waals surface area contributed by atoms with Gasteiger partial charge in [-0.25, -0.2) is 4.98 Å². The van der Waals surface area contributed by atoms with Crippen molar-refractivity contribution in [1.29, 1.82) is 5.26 Å². The molecule has 0 aliphatic heterocycles. The van der Waals surface area contributed by atoms with Crippen molar-refractivity contribution in [2.45, 2.75) is 6.54 Å². The Hall–Kier alpha value is -2.91. The van der Waals surface area contributed by atoms with Gasteiger partial charge in [-0.15, -0.1) is 11.3 Å². The Labute approximate surface area is 132 Å². The number of nitrogen functional groups attached to an aromatic ring is 1. The number of nitrogens with two attached hydrogens (primary N) is 1. The second-order valence-electron chi connectivity index (χ2n) is 4.58. The number of thiophene rings is 1. The zero-order valence-electron chi connectivity index (χ0n) is 11.7. The summed E-state index contributed by atoms with van der Waals surface area (Å²) in [7, 11) is 0. The molecule has 6 heteroatoms. The Morgan fingerprint density at radius 2 is 1.95 bits per heavy atom. The third-order valence-corrected chi connectivity index (χ3v) is 3.97. The van der Waals surface area contributed by atoms with E-state index in [0.29, 0.717) is 23.6 Å². The van der Waals surface area contributed by atoms with Gasteiger partial charge in [0.25, 0.3) is 0 Å². The van der Waals surface area contributed by atoms with Crippen LogP contribution in [0, 0.1) is 11.3 Å². The molecule has 2 aromatic heterocycles. The van der Waals surface area contributed by atoms with E-state index >= 15 is 0 Å². The van der Waals surface area contributed by atoms with Crippen molar-refractivity contribution in [3.63, 3.8) is 0 Å². The fraction of sp³-hybridized carbons (Fsp3) is 0.0625. The fourth-order valence-corrected chi connectivity index (χ4v) is 2.81. The number of anilines is 2. The quantitative estimate of drug-likeness (QED) is 0.772. The third kappa shape index (κ3) is 2.90. The first-order chi connectivity index (χ1) is 10.8. The van der Waals surface area contributed by atoms with E-state index in [1.807, 2.05) is 47.8 Å². The summed E-state index contributed by atoms with van der Waals surface area (Å²) in [5.74, 6) is 0.611. The predicted molar refractivity (Wildman–Crippen MR) is 88.2 cm³/mol. The van der Waals surface area contributed by atoms with E-state index < -0.39 is 0 Å². The van der Waals surface area contributed by atoms with Gasteiger partial charge in [-0.1, -0.05) is 36.4 Å². The van der Waals surface area contributed by atoms with Crippen molar-refractivity contribution in [2.75, 3.05) is 11.1 Å². The summed E-state index contributed by atoms with van der Waals surface area (Å²) in [6.45, 7) is 0.565. The molecule has 0 saturated carbocycles. The Morgan fingerprint density at radius 3 is 2.64 bits per heavy atom. The molecule has 22 heavy (non-hydrogen) atoms. The summed E-state index contributed by atoms with van der Waals surface area (Å²) in [4.78, 5) is 9.28. The van der Waals surface area contributed by atoms with Crippen molar-refractivity contribution in [1.82, 2.24) is 9.97 Å². The molecule has 0 unspecified atom stereocenters. The van der Waals surface area contributed by atoms with Crippen LogP contribution in [-0.4, -0.2) is 9.97 Å². The van der Waals surface area contributed by atoms with Crippen LogP contribution in [0.25, 0.3) is 10.6 Å². The zero-order chi connectivity index (χ0) is 15.4. The lowest BCUT2D eigenvalue weighted by atomic mass is 10.2. The van der Waals surface area contributed by atoms with E-state index in [1.54, 1.807) is 0 Å². The topological polar surface area (TPSA) is 87.6 Å². The van der Waals surface area contributed by atoms with Crippen LogP contribution < -0.4 is 11.1 Å². The first-order valence-electron chi connectivity index (χ1n) is 6.67. The number of hydrogen-bond acceptors (Lipinski definition) is 6. The molecule has 0 spiro atoms. The van der Waals surface area contributed by atoms with Gasteiger partial charge in [0.1, 0.15) is 17.3 Å². The molecular weight excluding hydrogens is 294 g/mol. The molecule has 3 N–H and O–H groups in total. The molecule has 0 radical (unpaired) electrons. The molecular formula is C16H13N5S. The van der Waals surface area contributed by atoms with Crippen LogP contribution >= 0.6 is 11.3 Å². The molecule has 0 aliphatic carbocycles. The van der Waals surface area contributed by atoms with E-state index in [9.17, 15) is 5.26 Å². The molecule has 2 heterocycles. The summed E-state index contributed by atoms with van der Waals surface area (Å²) < 4.78 is 0. The van der Waals surface area contributed by atoms with Crippen LogP contribution in [0.1, 0.15) is 11.1 Å². The summed E-state index contributed by atoms with van der Waals surface area (Å²) in [5, 5.41) is 14.6. The van der Waals surface area contributed by atoms with E-state index in [1.165, 1.54) is 11.3 Å². The number of benzene rings is 1. The number of nitrogens with zero attached hydrogens (tertiary/aromatic N) is 3. The highest BCUT2D eigenvalue weighted by molar-refractivity contribution is 7.13. The molecule has 5 nitrogen and oxygen atoms in total. The molecule has 0 aliphatic rings. The molecule has 0 amide bonds. The Morgan fingerprint density at radius 1 is 1.14 bits per heavy atom. The van der Waals surface area contributed by atoms with Crippen LogP contribution in [0.5, 0.6) is 0 Å². The monoisotopic (exact) mass is 307 g/mol. The molecule has 108 valence electrons. The minimum atomic E-state index is 0.151.